The summed E-state index contributed by atoms with van der Waals surface area (Å²) >= 11 is 5.46. The Morgan fingerprint density at radius 3 is 2.55 bits per heavy atom. The minimum absolute atomic E-state index is 0.147. The van der Waals surface area contributed by atoms with Crippen molar-refractivity contribution in [2.45, 2.75) is 32.6 Å². The van der Waals surface area contributed by atoms with Crippen LogP contribution in [-0.2, 0) is 4.79 Å². The van der Waals surface area contributed by atoms with Crippen LogP contribution in [0.3, 0.4) is 0 Å². The van der Waals surface area contributed by atoms with E-state index in [9.17, 15) is 4.79 Å². The van der Waals surface area contributed by atoms with E-state index in [2.05, 4.69) is 6.92 Å². The molecule has 66 valence electrons. The molecule has 0 bridgehead atoms. The van der Waals surface area contributed by atoms with Gasteiger partial charge in [-0.15, -0.1) is 11.6 Å². The molecule has 0 spiro atoms. The predicted octanol–water partition coefficient (Wildman–Crippen LogP) is 2.22. The lowest BCUT2D eigenvalue weighted by atomic mass is 10.2. The van der Waals surface area contributed by atoms with E-state index in [1.54, 1.807) is 7.05 Å². The van der Waals surface area contributed by atoms with E-state index < -0.39 is 0 Å². The number of rotatable bonds is 5. The zero-order valence-corrected chi connectivity index (χ0v) is 8.02. The van der Waals surface area contributed by atoms with Crippen LogP contribution in [0.5, 0.6) is 0 Å². The standard InChI is InChI=1S/C8H16ClNO/c1-3-4-5-6-8(11)10(2)7-9/h3-7H2,1-2H3. The summed E-state index contributed by atoms with van der Waals surface area (Å²) in [7, 11) is 1.72. The molecule has 0 fully saturated rings. The summed E-state index contributed by atoms with van der Waals surface area (Å²) < 4.78 is 0. The minimum Gasteiger partial charge on any atom is -0.332 e. The number of carbonyl (C=O) groups is 1. The monoisotopic (exact) mass is 177 g/mol. The molecule has 0 radical (unpaired) electrons. The first-order valence-electron chi connectivity index (χ1n) is 4.02. The molecule has 0 rings (SSSR count). The molecule has 1 amide bonds. The quantitative estimate of drug-likeness (QED) is 0.358. The fourth-order valence-electron chi connectivity index (χ4n) is 0.784. The van der Waals surface area contributed by atoms with Gasteiger partial charge in [0.1, 0.15) is 0 Å². The molecule has 0 aliphatic carbocycles. The van der Waals surface area contributed by atoms with Gasteiger partial charge in [-0.3, -0.25) is 4.79 Å². The van der Waals surface area contributed by atoms with E-state index in [4.69, 9.17) is 11.6 Å². The minimum atomic E-state index is 0.147. The molecule has 0 heterocycles. The largest absolute Gasteiger partial charge is 0.332 e. The summed E-state index contributed by atoms with van der Waals surface area (Å²) in [6, 6.07) is 0.297. The average molecular weight is 178 g/mol. The molecule has 0 aromatic carbocycles. The van der Waals surface area contributed by atoms with Gasteiger partial charge in [0.15, 0.2) is 0 Å². The average Bonchev–Trinajstić information content (AvgIpc) is 2.03. The Balaban J connectivity index is 3.36. The van der Waals surface area contributed by atoms with Crippen molar-refractivity contribution in [1.29, 1.82) is 0 Å². The van der Waals surface area contributed by atoms with Crippen molar-refractivity contribution in [2.75, 3.05) is 13.1 Å². The smallest absolute Gasteiger partial charge is 0.223 e. The highest BCUT2D eigenvalue weighted by molar-refractivity contribution is 6.18. The van der Waals surface area contributed by atoms with Gasteiger partial charge in [-0.1, -0.05) is 19.8 Å². The van der Waals surface area contributed by atoms with Crippen LogP contribution in [0.2, 0.25) is 0 Å². The van der Waals surface area contributed by atoms with Crippen molar-refractivity contribution in [2.24, 2.45) is 0 Å². The van der Waals surface area contributed by atoms with Gasteiger partial charge in [-0.25, -0.2) is 0 Å². The highest BCUT2D eigenvalue weighted by atomic mass is 35.5. The molecule has 0 saturated heterocycles. The van der Waals surface area contributed by atoms with Crippen LogP contribution in [0.25, 0.3) is 0 Å². The molecule has 3 heteroatoms. The van der Waals surface area contributed by atoms with E-state index in [0.29, 0.717) is 12.4 Å². The molecule has 0 atom stereocenters. The van der Waals surface area contributed by atoms with E-state index in [-0.39, 0.29) is 5.91 Å². The number of alkyl halides is 1. The van der Waals surface area contributed by atoms with Gasteiger partial charge in [0.25, 0.3) is 0 Å². The molecule has 0 aromatic rings. The highest BCUT2D eigenvalue weighted by Crippen LogP contribution is 2.01. The first-order chi connectivity index (χ1) is 5.22. The lowest BCUT2D eigenvalue weighted by molar-refractivity contribution is -0.129. The molecule has 0 aromatic heterocycles. The summed E-state index contributed by atoms with van der Waals surface area (Å²) in [6.07, 6.45) is 3.90. The molecule has 0 aliphatic rings. The van der Waals surface area contributed by atoms with Crippen LogP contribution in [0.4, 0.5) is 0 Å². The summed E-state index contributed by atoms with van der Waals surface area (Å²) in [5, 5.41) is 0. The topological polar surface area (TPSA) is 20.3 Å². The van der Waals surface area contributed by atoms with Crippen LogP contribution in [0.1, 0.15) is 32.6 Å². The number of hydrogen-bond donors (Lipinski definition) is 0. The lowest BCUT2D eigenvalue weighted by Crippen LogP contribution is -2.24. The fourth-order valence-corrected chi connectivity index (χ4v) is 0.917. The van der Waals surface area contributed by atoms with E-state index >= 15 is 0 Å². The van der Waals surface area contributed by atoms with Gasteiger partial charge in [0.2, 0.25) is 5.91 Å². The Hall–Kier alpha value is -0.240. The van der Waals surface area contributed by atoms with Crippen molar-refractivity contribution < 1.29 is 4.79 Å². The molecule has 0 aliphatic heterocycles. The second kappa shape index (κ2) is 6.47. The highest BCUT2D eigenvalue weighted by Gasteiger charge is 2.04. The summed E-state index contributed by atoms with van der Waals surface area (Å²) in [4.78, 5) is 12.6. The van der Waals surface area contributed by atoms with Gasteiger partial charge in [-0.05, 0) is 6.42 Å². The first-order valence-corrected chi connectivity index (χ1v) is 4.55. The summed E-state index contributed by atoms with van der Waals surface area (Å²) in [6.45, 7) is 2.12. The van der Waals surface area contributed by atoms with Gasteiger partial charge in [0, 0.05) is 13.5 Å². The molecule has 0 saturated carbocycles. The third-order valence-electron chi connectivity index (χ3n) is 1.60. The normalized spacial score (nSPS) is 9.73. The Labute approximate surface area is 73.5 Å². The molecule has 11 heavy (non-hydrogen) atoms. The van der Waals surface area contributed by atoms with Crippen molar-refractivity contribution in [3.05, 3.63) is 0 Å². The number of unbranched alkanes of at least 4 members (excludes halogenated alkanes) is 2. The Bertz CT molecular complexity index is 117. The van der Waals surface area contributed by atoms with Crippen molar-refractivity contribution in [3.63, 3.8) is 0 Å². The molecule has 2 nitrogen and oxygen atoms in total. The van der Waals surface area contributed by atoms with E-state index in [1.807, 2.05) is 0 Å². The Morgan fingerprint density at radius 2 is 2.09 bits per heavy atom. The maximum absolute atomic E-state index is 11.1. The predicted molar refractivity (Wildman–Crippen MR) is 47.6 cm³/mol. The molecule has 0 N–H and O–H groups in total. The molecular weight excluding hydrogens is 162 g/mol. The molecule has 0 unspecified atom stereocenters. The van der Waals surface area contributed by atoms with Gasteiger partial charge in [0.05, 0.1) is 6.00 Å². The zero-order chi connectivity index (χ0) is 8.69. The Morgan fingerprint density at radius 1 is 1.45 bits per heavy atom. The van der Waals surface area contributed by atoms with Crippen molar-refractivity contribution in [3.8, 4) is 0 Å². The third kappa shape index (κ3) is 5.08. The van der Waals surface area contributed by atoms with E-state index in [0.717, 1.165) is 19.3 Å². The number of halogens is 1. The van der Waals surface area contributed by atoms with Crippen molar-refractivity contribution in [1.82, 2.24) is 4.90 Å². The summed E-state index contributed by atoms with van der Waals surface area (Å²) in [5.74, 6) is 0.147. The van der Waals surface area contributed by atoms with Crippen LogP contribution < -0.4 is 0 Å². The van der Waals surface area contributed by atoms with Crippen molar-refractivity contribution >= 4 is 17.5 Å². The second-order valence-electron chi connectivity index (χ2n) is 2.67. The second-order valence-corrected chi connectivity index (χ2v) is 2.91. The van der Waals surface area contributed by atoms with Gasteiger partial charge >= 0.3 is 0 Å². The number of hydrogen-bond acceptors (Lipinski definition) is 1. The van der Waals surface area contributed by atoms with Crippen LogP contribution in [-0.4, -0.2) is 23.9 Å². The number of nitrogens with zero attached hydrogens (tertiary/aromatic N) is 1. The maximum atomic E-state index is 11.1. The maximum Gasteiger partial charge on any atom is 0.223 e. The van der Waals surface area contributed by atoms with Gasteiger partial charge < -0.3 is 4.90 Å². The zero-order valence-electron chi connectivity index (χ0n) is 7.27. The number of carbonyl (C=O) groups excluding carboxylic acids is 1. The SMILES string of the molecule is CCCCCC(=O)N(C)CCl. The molecular formula is C8H16ClNO. The van der Waals surface area contributed by atoms with E-state index in [1.165, 1.54) is 4.90 Å². The van der Waals surface area contributed by atoms with Crippen LogP contribution >= 0.6 is 11.6 Å². The van der Waals surface area contributed by atoms with Crippen LogP contribution in [0.15, 0.2) is 0 Å². The lowest BCUT2D eigenvalue weighted by Gasteiger charge is -2.12. The summed E-state index contributed by atoms with van der Waals surface area (Å²) in [5.41, 5.74) is 0. The van der Waals surface area contributed by atoms with Crippen LogP contribution in [0, 0.1) is 0 Å². The number of amides is 1. The fraction of sp³-hybridized carbons (Fsp3) is 0.875. The van der Waals surface area contributed by atoms with Gasteiger partial charge in [-0.2, -0.15) is 0 Å². The third-order valence-corrected chi connectivity index (χ3v) is 1.96. The first kappa shape index (κ1) is 10.8. The Kier molecular flexibility index (Phi) is 6.33.